The summed E-state index contributed by atoms with van der Waals surface area (Å²) in [6, 6.07) is 22.9. The van der Waals surface area contributed by atoms with Gasteiger partial charge in [0.1, 0.15) is 49.2 Å². The molecule has 3 atom stereocenters. The first kappa shape index (κ1) is 44.1. The van der Waals surface area contributed by atoms with Crippen LogP contribution in [0.5, 0.6) is 0 Å². The highest BCUT2D eigenvalue weighted by Gasteiger charge is 2.33. The van der Waals surface area contributed by atoms with Gasteiger partial charge in [-0.3, -0.25) is 24.7 Å². The molecule has 0 radical (unpaired) electrons. The highest BCUT2D eigenvalue weighted by molar-refractivity contribution is 6.02. The molecular weight excluding hydrogens is 722 g/mol. The second kappa shape index (κ2) is 21.6. The van der Waals surface area contributed by atoms with Crippen molar-refractivity contribution in [3.8, 4) is 0 Å². The van der Waals surface area contributed by atoms with Crippen molar-refractivity contribution in [3.63, 3.8) is 0 Å². The lowest BCUT2D eigenvalue weighted by Gasteiger charge is -2.30. The van der Waals surface area contributed by atoms with Gasteiger partial charge >= 0.3 is 24.1 Å². The van der Waals surface area contributed by atoms with E-state index < -0.39 is 71.9 Å². The number of hydrogen-bond acceptors (Lipinski definition) is 10. The number of carboxylic acids is 1. The van der Waals surface area contributed by atoms with E-state index in [0.29, 0.717) is 11.1 Å². The van der Waals surface area contributed by atoms with Crippen LogP contribution >= 0.6 is 0 Å². The first-order chi connectivity index (χ1) is 26.5. The van der Waals surface area contributed by atoms with Crippen molar-refractivity contribution < 1.29 is 48.1 Å². The lowest BCUT2D eigenvalue weighted by atomic mass is 10.1. The summed E-state index contributed by atoms with van der Waals surface area (Å²) in [5.74, 6) is -3.85. The van der Waals surface area contributed by atoms with Crippen molar-refractivity contribution in [1.29, 1.82) is 5.41 Å². The SMILES string of the molecule is C[C@@H](C(=O)N[C@@H](Cc1ccccc1)C(=O)O)N(C)C(=O)[C@H](CCCN(C(=N)CC(=O)OCc1ccccc1)C(=O)OCc1ccccc1)NC(=O)OC(C)(C)C. The lowest BCUT2D eigenvalue weighted by Crippen LogP contribution is -2.56. The Bertz CT molecular complexity index is 1780. The molecule has 4 amide bonds. The molecule has 0 saturated heterocycles. The molecule has 0 aliphatic carbocycles. The number of aliphatic carboxylic acids is 1. The fourth-order valence-electron chi connectivity index (χ4n) is 5.27. The van der Waals surface area contributed by atoms with Crippen molar-refractivity contribution in [2.75, 3.05) is 13.6 Å². The number of hydrogen-bond donors (Lipinski definition) is 4. The van der Waals surface area contributed by atoms with E-state index in [4.69, 9.17) is 19.6 Å². The van der Waals surface area contributed by atoms with E-state index in [1.165, 1.54) is 14.0 Å². The summed E-state index contributed by atoms with van der Waals surface area (Å²) in [7, 11) is 1.34. The van der Waals surface area contributed by atoms with Gasteiger partial charge in [-0.15, -0.1) is 0 Å². The second-order valence-electron chi connectivity index (χ2n) is 14.0. The third kappa shape index (κ3) is 15.2. The number of nitrogens with zero attached hydrogens (tertiary/aromatic N) is 2. The first-order valence-corrected chi connectivity index (χ1v) is 18.1. The molecule has 56 heavy (non-hydrogen) atoms. The molecule has 4 N–H and O–H groups in total. The average Bonchev–Trinajstić information content (AvgIpc) is 3.16. The number of amidine groups is 1. The van der Waals surface area contributed by atoms with Crippen molar-refractivity contribution in [2.24, 2.45) is 0 Å². The van der Waals surface area contributed by atoms with Gasteiger partial charge in [-0.2, -0.15) is 0 Å². The standard InChI is InChI=1S/C41H51N5O10/c1-28(36(48)43-33(38(50)51)24-29-16-9-6-10-17-29)45(5)37(49)32(44-39(52)56-41(2,3)4)22-15-23-46(40(53)55-27-31-20-13-8-14-21-31)34(42)25-35(47)54-26-30-18-11-7-12-19-30/h6-14,16-21,28,32-33,42H,15,22-27H2,1-5H3,(H,43,48)(H,44,52)(H,50,51)/t28-,32-,33-/m0/s1. The summed E-state index contributed by atoms with van der Waals surface area (Å²) in [6.07, 6.45) is -2.45. The number of likely N-dealkylation sites (N-methyl/N-ethyl adjacent to an activating group) is 1. The lowest BCUT2D eigenvalue weighted by molar-refractivity contribution is -0.144. The Morgan fingerprint density at radius 1 is 0.768 bits per heavy atom. The number of carbonyl (C=O) groups excluding carboxylic acids is 5. The molecule has 0 aliphatic rings. The molecule has 3 aromatic carbocycles. The van der Waals surface area contributed by atoms with Crippen LogP contribution in [0.15, 0.2) is 91.0 Å². The van der Waals surface area contributed by atoms with Crippen molar-refractivity contribution in [1.82, 2.24) is 20.4 Å². The van der Waals surface area contributed by atoms with E-state index in [2.05, 4.69) is 10.6 Å². The second-order valence-corrected chi connectivity index (χ2v) is 14.0. The third-order valence-electron chi connectivity index (χ3n) is 8.37. The van der Waals surface area contributed by atoms with Gasteiger partial charge in [-0.1, -0.05) is 91.0 Å². The molecule has 15 heteroatoms. The Morgan fingerprint density at radius 2 is 1.29 bits per heavy atom. The maximum Gasteiger partial charge on any atom is 0.415 e. The Labute approximate surface area is 326 Å². The van der Waals surface area contributed by atoms with Gasteiger partial charge < -0.3 is 34.9 Å². The number of amides is 4. The van der Waals surface area contributed by atoms with Crippen LogP contribution in [0.2, 0.25) is 0 Å². The number of carbonyl (C=O) groups is 6. The van der Waals surface area contributed by atoms with E-state index in [9.17, 15) is 33.9 Å². The monoisotopic (exact) mass is 773 g/mol. The minimum atomic E-state index is -1.28. The van der Waals surface area contributed by atoms with Crippen LogP contribution in [0.4, 0.5) is 9.59 Å². The topological polar surface area (TPSA) is 205 Å². The van der Waals surface area contributed by atoms with Gasteiger partial charge in [0, 0.05) is 20.0 Å². The number of nitrogens with one attached hydrogen (secondary N) is 3. The zero-order chi connectivity index (χ0) is 41.3. The van der Waals surface area contributed by atoms with E-state index in [1.54, 1.807) is 106 Å². The highest BCUT2D eigenvalue weighted by atomic mass is 16.6. The minimum Gasteiger partial charge on any atom is -0.480 e. The van der Waals surface area contributed by atoms with Crippen LogP contribution in [0, 0.1) is 5.41 Å². The average molecular weight is 774 g/mol. The van der Waals surface area contributed by atoms with E-state index >= 15 is 0 Å². The Kier molecular flexibility index (Phi) is 17.0. The molecular formula is C41H51N5O10. The Hall–Kier alpha value is -6.25. The van der Waals surface area contributed by atoms with Crippen molar-refractivity contribution in [2.45, 2.75) is 90.3 Å². The van der Waals surface area contributed by atoms with Gasteiger partial charge in [0.2, 0.25) is 11.8 Å². The Morgan fingerprint density at radius 3 is 1.80 bits per heavy atom. The molecule has 0 aromatic heterocycles. The van der Waals surface area contributed by atoms with E-state index in [1.807, 2.05) is 6.07 Å². The number of esters is 1. The van der Waals surface area contributed by atoms with Crippen molar-refractivity contribution in [3.05, 3.63) is 108 Å². The summed E-state index contributed by atoms with van der Waals surface area (Å²) in [4.78, 5) is 80.1. The number of carboxylic acid groups (broad SMARTS) is 1. The molecule has 3 rings (SSSR count). The zero-order valence-electron chi connectivity index (χ0n) is 32.4. The molecule has 0 aliphatic heterocycles. The van der Waals surface area contributed by atoms with E-state index in [-0.39, 0.29) is 39.0 Å². The highest BCUT2D eigenvalue weighted by Crippen LogP contribution is 2.14. The smallest absolute Gasteiger partial charge is 0.415 e. The van der Waals surface area contributed by atoms with Gasteiger partial charge in [0.15, 0.2) is 0 Å². The molecule has 3 aromatic rings. The fraction of sp³-hybridized carbons (Fsp3) is 0.390. The number of benzene rings is 3. The van der Waals surface area contributed by atoms with Crippen LogP contribution in [0.25, 0.3) is 0 Å². The largest absolute Gasteiger partial charge is 0.480 e. The summed E-state index contributed by atoms with van der Waals surface area (Å²) in [6.45, 7) is 6.02. The molecule has 300 valence electrons. The predicted octanol–water partition coefficient (Wildman–Crippen LogP) is 5.07. The van der Waals surface area contributed by atoms with Crippen molar-refractivity contribution >= 4 is 41.8 Å². The van der Waals surface area contributed by atoms with Crippen LogP contribution in [0.1, 0.15) is 63.6 Å². The molecule has 0 fully saturated rings. The number of ether oxygens (including phenoxy) is 3. The number of rotatable bonds is 18. The maximum absolute atomic E-state index is 13.9. The Balaban J connectivity index is 1.74. The normalized spacial score (nSPS) is 12.5. The minimum absolute atomic E-state index is 0.0131. The number of alkyl carbamates (subject to hydrolysis) is 1. The first-order valence-electron chi connectivity index (χ1n) is 18.1. The summed E-state index contributed by atoms with van der Waals surface area (Å²) in [5, 5.41) is 23.5. The van der Waals surface area contributed by atoms with Crippen LogP contribution in [0.3, 0.4) is 0 Å². The predicted molar refractivity (Wildman–Crippen MR) is 206 cm³/mol. The molecule has 0 bridgehead atoms. The van der Waals surface area contributed by atoms with Gasteiger partial charge in [-0.25, -0.2) is 14.4 Å². The third-order valence-corrected chi connectivity index (χ3v) is 8.37. The molecule has 0 spiro atoms. The van der Waals surface area contributed by atoms with Gasteiger partial charge in [-0.05, 0) is 57.2 Å². The zero-order valence-corrected chi connectivity index (χ0v) is 32.4. The maximum atomic E-state index is 13.9. The van der Waals surface area contributed by atoms with E-state index in [0.717, 1.165) is 15.4 Å². The quantitative estimate of drug-likeness (QED) is 0.0585. The molecule has 15 nitrogen and oxygen atoms in total. The molecule has 0 unspecified atom stereocenters. The van der Waals surface area contributed by atoms with Crippen LogP contribution in [-0.4, -0.2) is 94.0 Å². The molecule has 0 heterocycles. The van der Waals surface area contributed by atoms with Gasteiger partial charge in [0.25, 0.3) is 0 Å². The molecule has 0 saturated carbocycles. The summed E-state index contributed by atoms with van der Waals surface area (Å²) < 4.78 is 16.2. The summed E-state index contributed by atoms with van der Waals surface area (Å²) in [5.41, 5.74) is 1.21. The van der Waals surface area contributed by atoms with Crippen LogP contribution in [-0.2, 0) is 53.0 Å². The summed E-state index contributed by atoms with van der Waals surface area (Å²) >= 11 is 0. The van der Waals surface area contributed by atoms with Gasteiger partial charge in [0.05, 0.1) is 0 Å². The fourth-order valence-corrected chi connectivity index (χ4v) is 5.27. The van der Waals surface area contributed by atoms with Crippen LogP contribution < -0.4 is 10.6 Å².